The van der Waals surface area contributed by atoms with Crippen molar-refractivity contribution in [2.45, 2.75) is 0 Å². The highest BCUT2D eigenvalue weighted by Gasteiger charge is 2.21. The number of fused-ring (bicyclic) bond motifs is 7. The van der Waals surface area contributed by atoms with E-state index in [1.165, 1.54) is 32.8 Å². The highest BCUT2D eigenvalue weighted by atomic mass is 16.3. The largest absolute Gasteiger partial charge is 0.435 e. The average molecular weight is 665 g/mol. The number of hydrogen-bond donors (Lipinski definition) is 0. The van der Waals surface area contributed by atoms with E-state index in [0.717, 1.165) is 55.4 Å². The Morgan fingerprint density at radius 1 is 0.404 bits per heavy atom. The van der Waals surface area contributed by atoms with Gasteiger partial charge < -0.3 is 9.32 Å². The molecule has 0 aliphatic rings. The number of anilines is 3. The minimum atomic E-state index is 0.632. The Morgan fingerprint density at radius 2 is 0.981 bits per heavy atom. The molecule has 52 heavy (non-hydrogen) atoms. The van der Waals surface area contributed by atoms with Crippen molar-refractivity contribution >= 4 is 60.5 Å². The maximum absolute atomic E-state index is 6.61. The van der Waals surface area contributed by atoms with Gasteiger partial charge in [-0.1, -0.05) is 140 Å². The fourth-order valence-electron chi connectivity index (χ4n) is 7.65. The monoisotopic (exact) mass is 664 g/mol. The summed E-state index contributed by atoms with van der Waals surface area (Å²) >= 11 is 0. The first-order chi connectivity index (χ1) is 25.8. The first-order valence-corrected chi connectivity index (χ1v) is 17.6. The molecule has 0 amide bonds. The molecular formula is C49H32N2O. The molecular weight excluding hydrogens is 633 g/mol. The first kappa shape index (κ1) is 29.9. The van der Waals surface area contributed by atoms with E-state index >= 15 is 0 Å². The predicted molar refractivity (Wildman–Crippen MR) is 218 cm³/mol. The summed E-state index contributed by atoms with van der Waals surface area (Å²) in [5.41, 5.74) is 10.7. The van der Waals surface area contributed by atoms with E-state index in [-0.39, 0.29) is 0 Å². The lowest BCUT2D eigenvalue weighted by atomic mass is 9.89. The smallest absolute Gasteiger partial charge is 0.227 e. The second-order valence-corrected chi connectivity index (χ2v) is 13.1. The van der Waals surface area contributed by atoms with E-state index in [1.54, 1.807) is 0 Å². The highest BCUT2D eigenvalue weighted by Crippen LogP contribution is 2.46. The molecule has 0 unspecified atom stereocenters. The van der Waals surface area contributed by atoms with Crippen molar-refractivity contribution in [1.29, 1.82) is 0 Å². The van der Waals surface area contributed by atoms with Crippen LogP contribution in [0.1, 0.15) is 0 Å². The Labute approximate surface area is 301 Å². The first-order valence-electron chi connectivity index (χ1n) is 17.6. The van der Waals surface area contributed by atoms with Crippen LogP contribution in [-0.2, 0) is 0 Å². The van der Waals surface area contributed by atoms with E-state index < -0.39 is 0 Å². The third-order valence-electron chi connectivity index (χ3n) is 10.1. The van der Waals surface area contributed by atoms with Gasteiger partial charge in [-0.05, 0) is 92.8 Å². The van der Waals surface area contributed by atoms with Gasteiger partial charge in [-0.25, -0.2) is 4.98 Å². The Bertz CT molecular complexity index is 2880. The van der Waals surface area contributed by atoms with Gasteiger partial charge in [0.05, 0.1) is 5.69 Å². The molecule has 0 saturated carbocycles. The topological polar surface area (TPSA) is 29.3 Å². The molecule has 0 aliphatic carbocycles. The van der Waals surface area contributed by atoms with Gasteiger partial charge >= 0.3 is 0 Å². The van der Waals surface area contributed by atoms with E-state index in [9.17, 15) is 0 Å². The fraction of sp³-hybridized carbons (Fsp3) is 0. The number of rotatable bonds is 6. The molecule has 0 fully saturated rings. The van der Waals surface area contributed by atoms with Crippen molar-refractivity contribution in [2.24, 2.45) is 0 Å². The summed E-state index contributed by atoms with van der Waals surface area (Å²) in [7, 11) is 0. The summed E-state index contributed by atoms with van der Waals surface area (Å²) in [5, 5.41) is 6.90. The van der Waals surface area contributed by atoms with Gasteiger partial charge in [0.2, 0.25) is 5.89 Å². The molecule has 244 valence electrons. The number of aromatic nitrogens is 1. The standard InChI is InChI=1S/C49H32N2O/c1-4-14-33(15-5-1)34-26-29-39(30-27-34)51(38-18-8-3-9-19-38)45-23-13-12-21-41(45)43-32-37-25-24-35-28-31-44-48(52-49(50-44)36-16-6-2-7-17-36)47(35)46(37)42-22-11-10-20-40(42)43/h1-32H. The van der Waals surface area contributed by atoms with Crippen LogP contribution in [0.25, 0.3) is 77.1 Å². The van der Waals surface area contributed by atoms with Crippen LogP contribution in [0.4, 0.5) is 17.1 Å². The molecule has 9 aromatic carbocycles. The SMILES string of the molecule is c1ccc(-c2ccc(N(c3ccccc3)c3ccccc3-c3cc4ccc5ccc6nc(-c7ccccc7)oc6c5c4c4ccccc34)cc2)cc1. The molecule has 0 radical (unpaired) electrons. The summed E-state index contributed by atoms with van der Waals surface area (Å²) in [6, 6.07) is 68.7. The van der Waals surface area contributed by atoms with Crippen LogP contribution < -0.4 is 4.90 Å². The van der Waals surface area contributed by atoms with Crippen LogP contribution in [0.15, 0.2) is 199 Å². The molecule has 10 aromatic rings. The number of para-hydroxylation sites is 2. The van der Waals surface area contributed by atoms with Crippen molar-refractivity contribution in [3.63, 3.8) is 0 Å². The number of nitrogens with zero attached hydrogens (tertiary/aromatic N) is 2. The molecule has 1 heterocycles. The van der Waals surface area contributed by atoms with Crippen molar-refractivity contribution < 1.29 is 4.42 Å². The van der Waals surface area contributed by atoms with E-state index in [4.69, 9.17) is 9.40 Å². The Morgan fingerprint density at radius 3 is 1.75 bits per heavy atom. The zero-order chi connectivity index (χ0) is 34.4. The van der Waals surface area contributed by atoms with Crippen LogP contribution in [0.5, 0.6) is 0 Å². The van der Waals surface area contributed by atoms with Gasteiger partial charge in [0.25, 0.3) is 0 Å². The molecule has 3 heteroatoms. The quantitative estimate of drug-likeness (QED) is 0.166. The molecule has 0 saturated heterocycles. The highest BCUT2D eigenvalue weighted by molar-refractivity contribution is 6.28. The van der Waals surface area contributed by atoms with Crippen molar-refractivity contribution in [2.75, 3.05) is 4.90 Å². The normalized spacial score (nSPS) is 11.5. The van der Waals surface area contributed by atoms with Crippen LogP contribution in [0, 0.1) is 0 Å². The average Bonchev–Trinajstić information content (AvgIpc) is 3.67. The van der Waals surface area contributed by atoms with Gasteiger partial charge in [-0.15, -0.1) is 0 Å². The van der Waals surface area contributed by atoms with E-state index in [1.807, 2.05) is 30.3 Å². The third-order valence-corrected chi connectivity index (χ3v) is 10.1. The lowest BCUT2D eigenvalue weighted by molar-refractivity contribution is 0.623. The fourth-order valence-corrected chi connectivity index (χ4v) is 7.65. The Kier molecular flexibility index (Phi) is 7.14. The molecule has 1 aromatic heterocycles. The summed E-state index contributed by atoms with van der Waals surface area (Å²) in [6.07, 6.45) is 0. The van der Waals surface area contributed by atoms with Crippen molar-refractivity contribution in [3.05, 3.63) is 194 Å². The molecule has 10 rings (SSSR count). The minimum Gasteiger partial charge on any atom is -0.435 e. The summed E-state index contributed by atoms with van der Waals surface area (Å²) in [4.78, 5) is 7.29. The lowest BCUT2D eigenvalue weighted by Gasteiger charge is -2.28. The molecule has 3 nitrogen and oxygen atoms in total. The summed E-state index contributed by atoms with van der Waals surface area (Å²) in [5.74, 6) is 0.632. The van der Waals surface area contributed by atoms with E-state index in [0.29, 0.717) is 5.89 Å². The maximum atomic E-state index is 6.61. The van der Waals surface area contributed by atoms with Gasteiger partial charge in [0.15, 0.2) is 5.58 Å². The second kappa shape index (κ2) is 12.4. The zero-order valence-electron chi connectivity index (χ0n) is 28.3. The van der Waals surface area contributed by atoms with Gasteiger partial charge in [0, 0.05) is 33.3 Å². The van der Waals surface area contributed by atoms with Gasteiger partial charge in [-0.3, -0.25) is 0 Å². The van der Waals surface area contributed by atoms with Crippen molar-refractivity contribution in [1.82, 2.24) is 4.98 Å². The molecule has 0 atom stereocenters. The maximum Gasteiger partial charge on any atom is 0.227 e. The van der Waals surface area contributed by atoms with Crippen LogP contribution in [0.2, 0.25) is 0 Å². The second-order valence-electron chi connectivity index (χ2n) is 13.1. The number of hydrogen-bond acceptors (Lipinski definition) is 3. The number of benzene rings is 9. The lowest BCUT2D eigenvalue weighted by Crippen LogP contribution is -2.11. The van der Waals surface area contributed by atoms with E-state index in [2.05, 4.69) is 169 Å². The minimum absolute atomic E-state index is 0.632. The van der Waals surface area contributed by atoms with Crippen LogP contribution in [0.3, 0.4) is 0 Å². The van der Waals surface area contributed by atoms with Crippen molar-refractivity contribution in [3.8, 4) is 33.7 Å². The molecule has 0 spiro atoms. The van der Waals surface area contributed by atoms with Crippen LogP contribution in [-0.4, -0.2) is 4.98 Å². The Balaban J connectivity index is 1.20. The molecule has 0 bridgehead atoms. The van der Waals surface area contributed by atoms with Crippen LogP contribution >= 0.6 is 0 Å². The van der Waals surface area contributed by atoms with Gasteiger partial charge in [0.1, 0.15) is 5.52 Å². The molecule has 0 N–H and O–H groups in total. The summed E-state index contributed by atoms with van der Waals surface area (Å²) < 4.78 is 6.61. The summed E-state index contributed by atoms with van der Waals surface area (Å²) in [6.45, 7) is 0. The van der Waals surface area contributed by atoms with Gasteiger partial charge in [-0.2, -0.15) is 0 Å². The molecule has 0 aliphatic heterocycles. The Hall–Kier alpha value is -6.97. The zero-order valence-corrected chi connectivity index (χ0v) is 28.3. The number of oxazole rings is 1. The third kappa shape index (κ3) is 5.02. The predicted octanol–water partition coefficient (Wildman–Crippen LogP) is 13.8.